The number of nitrogens with two attached hydrogens (primary N) is 1. The third-order valence-corrected chi connectivity index (χ3v) is 4.55. The minimum atomic E-state index is -0.497. The van der Waals surface area contributed by atoms with Gasteiger partial charge in [0.25, 0.3) is 5.69 Å². The van der Waals surface area contributed by atoms with Crippen LogP contribution in [-0.2, 0) is 6.42 Å². The number of nitrogens with one attached hydrogen (secondary N) is 2. The van der Waals surface area contributed by atoms with E-state index in [-0.39, 0.29) is 11.4 Å². The van der Waals surface area contributed by atoms with Crippen LogP contribution in [-0.4, -0.2) is 40.6 Å². The van der Waals surface area contributed by atoms with Gasteiger partial charge in [-0.1, -0.05) is 13.3 Å². The molecule has 4 N–H and O–H groups in total. The lowest BCUT2D eigenvalue weighted by Crippen LogP contribution is -2.50. The van der Waals surface area contributed by atoms with E-state index in [0.29, 0.717) is 17.7 Å². The summed E-state index contributed by atoms with van der Waals surface area (Å²) in [6, 6.07) is 6.95. The predicted molar refractivity (Wildman–Crippen MR) is 106 cm³/mol. The second-order valence-corrected chi connectivity index (χ2v) is 6.69. The predicted octanol–water partition coefficient (Wildman–Crippen LogP) is 2.46. The monoisotopic (exact) mass is 371 g/mol. The summed E-state index contributed by atoms with van der Waals surface area (Å²) in [5, 5.41) is 17.6. The van der Waals surface area contributed by atoms with Gasteiger partial charge in [-0.15, -0.1) is 0 Å². The molecule has 27 heavy (non-hydrogen) atoms. The van der Waals surface area contributed by atoms with Crippen LogP contribution in [0.15, 0.2) is 24.3 Å². The van der Waals surface area contributed by atoms with Gasteiger partial charge in [0.1, 0.15) is 11.5 Å². The van der Waals surface area contributed by atoms with Gasteiger partial charge in [0.15, 0.2) is 0 Å². The number of nitro groups is 1. The van der Waals surface area contributed by atoms with E-state index in [9.17, 15) is 10.1 Å². The Labute approximate surface area is 158 Å². The van der Waals surface area contributed by atoms with Crippen LogP contribution in [0.25, 0.3) is 0 Å². The van der Waals surface area contributed by atoms with Crippen LogP contribution in [0.3, 0.4) is 0 Å². The highest BCUT2D eigenvalue weighted by Crippen LogP contribution is 2.27. The number of aryl methyl sites for hydroxylation is 1. The number of piperazine rings is 1. The van der Waals surface area contributed by atoms with E-state index >= 15 is 0 Å². The summed E-state index contributed by atoms with van der Waals surface area (Å²) < 4.78 is 0. The summed E-state index contributed by atoms with van der Waals surface area (Å²) in [7, 11) is 0. The molecule has 1 aliphatic rings. The fraction of sp³-hybridized carbons (Fsp3) is 0.444. The van der Waals surface area contributed by atoms with Crippen molar-refractivity contribution in [2.45, 2.75) is 32.7 Å². The highest BCUT2D eigenvalue weighted by Gasteiger charge is 2.21. The van der Waals surface area contributed by atoms with Gasteiger partial charge in [-0.05, 0) is 25.5 Å². The van der Waals surface area contributed by atoms with Gasteiger partial charge in [0, 0.05) is 49.2 Å². The molecule has 1 fully saturated rings. The topological polar surface area (TPSA) is 122 Å². The van der Waals surface area contributed by atoms with Crippen LogP contribution in [0.4, 0.5) is 28.8 Å². The molecule has 9 heteroatoms. The van der Waals surface area contributed by atoms with Gasteiger partial charge in [-0.3, -0.25) is 10.1 Å². The van der Waals surface area contributed by atoms with Gasteiger partial charge in [-0.2, -0.15) is 4.98 Å². The lowest BCUT2D eigenvalue weighted by molar-refractivity contribution is -0.383. The number of hydrogen-bond donors (Lipinski definition) is 3. The van der Waals surface area contributed by atoms with E-state index in [0.717, 1.165) is 44.0 Å². The van der Waals surface area contributed by atoms with Crippen molar-refractivity contribution in [3.8, 4) is 0 Å². The first-order valence-electron chi connectivity index (χ1n) is 9.14. The largest absolute Gasteiger partial charge is 0.393 e. The number of aromatic nitrogens is 2. The molecule has 0 bridgehead atoms. The van der Waals surface area contributed by atoms with Crippen molar-refractivity contribution in [2.75, 3.05) is 35.6 Å². The molecule has 1 saturated heterocycles. The maximum absolute atomic E-state index is 11.1. The van der Waals surface area contributed by atoms with Gasteiger partial charge >= 0.3 is 0 Å². The normalized spacial score (nSPS) is 17.0. The van der Waals surface area contributed by atoms with Crippen LogP contribution in [0.5, 0.6) is 0 Å². The Balaban J connectivity index is 1.92. The molecule has 3 rings (SSSR count). The molecule has 1 aromatic heterocycles. The standard InChI is InChI=1S/C18H25N7O2/c1-3-4-13-10-17(24-8-7-20-11-12(24)2)23-18(21-13)22-14-5-6-15(19)16(9-14)25(26)27/h5-6,9-10,12,20H,3-4,7-8,11,19H2,1-2H3,(H,21,22,23). The third kappa shape index (κ3) is 4.43. The number of rotatable bonds is 6. The van der Waals surface area contributed by atoms with Crippen molar-refractivity contribution < 1.29 is 4.92 Å². The first-order valence-corrected chi connectivity index (χ1v) is 9.14. The molecule has 2 aromatic rings. The molecule has 0 saturated carbocycles. The van der Waals surface area contributed by atoms with E-state index in [2.05, 4.69) is 39.3 Å². The van der Waals surface area contributed by atoms with Crippen LogP contribution < -0.4 is 21.3 Å². The molecule has 0 radical (unpaired) electrons. The quantitative estimate of drug-likeness (QED) is 0.402. The molecule has 1 atom stereocenters. The summed E-state index contributed by atoms with van der Waals surface area (Å²) in [6.07, 6.45) is 1.81. The van der Waals surface area contributed by atoms with Crippen molar-refractivity contribution in [3.05, 3.63) is 40.1 Å². The Morgan fingerprint density at radius 2 is 2.22 bits per heavy atom. The van der Waals surface area contributed by atoms with Crippen molar-refractivity contribution in [2.24, 2.45) is 0 Å². The molecule has 144 valence electrons. The van der Waals surface area contributed by atoms with E-state index in [1.807, 2.05) is 6.07 Å². The van der Waals surface area contributed by atoms with E-state index in [1.54, 1.807) is 6.07 Å². The summed E-state index contributed by atoms with van der Waals surface area (Å²) in [5.74, 6) is 1.30. The fourth-order valence-corrected chi connectivity index (χ4v) is 3.16. The van der Waals surface area contributed by atoms with Crippen molar-refractivity contribution in [1.82, 2.24) is 15.3 Å². The van der Waals surface area contributed by atoms with Crippen molar-refractivity contribution in [1.29, 1.82) is 0 Å². The minimum absolute atomic E-state index is 0.126. The summed E-state index contributed by atoms with van der Waals surface area (Å²) in [4.78, 5) is 22.1. The molecule has 1 aliphatic heterocycles. The van der Waals surface area contributed by atoms with E-state index in [4.69, 9.17) is 5.73 Å². The first kappa shape index (κ1) is 18.8. The van der Waals surface area contributed by atoms with Crippen molar-refractivity contribution in [3.63, 3.8) is 0 Å². The Morgan fingerprint density at radius 1 is 1.41 bits per heavy atom. The second-order valence-electron chi connectivity index (χ2n) is 6.69. The molecule has 0 aliphatic carbocycles. The van der Waals surface area contributed by atoms with Crippen LogP contribution >= 0.6 is 0 Å². The fourth-order valence-electron chi connectivity index (χ4n) is 3.16. The van der Waals surface area contributed by atoms with Gasteiger partial charge < -0.3 is 21.3 Å². The second kappa shape index (κ2) is 8.17. The lowest BCUT2D eigenvalue weighted by Gasteiger charge is -2.35. The number of anilines is 4. The zero-order valence-corrected chi connectivity index (χ0v) is 15.6. The number of nitrogen functional groups attached to an aromatic ring is 1. The summed E-state index contributed by atoms with van der Waals surface area (Å²) in [6.45, 7) is 6.94. The lowest BCUT2D eigenvalue weighted by atomic mass is 10.2. The van der Waals surface area contributed by atoms with Crippen LogP contribution in [0.2, 0.25) is 0 Å². The van der Waals surface area contributed by atoms with Crippen molar-refractivity contribution >= 4 is 28.8 Å². The first-order chi connectivity index (χ1) is 13.0. The smallest absolute Gasteiger partial charge is 0.294 e. The van der Waals surface area contributed by atoms with E-state index < -0.39 is 4.92 Å². The SMILES string of the molecule is CCCc1cc(N2CCNCC2C)nc(Nc2ccc(N)c([N+](=O)[O-])c2)n1. The average molecular weight is 371 g/mol. The zero-order valence-electron chi connectivity index (χ0n) is 15.6. The third-order valence-electron chi connectivity index (χ3n) is 4.55. The Hall–Kier alpha value is -2.94. The average Bonchev–Trinajstić information content (AvgIpc) is 2.63. The van der Waals surface area contributed by atoms with Crippen LogP contribution in [0.1, 0.15) is 26.0 Å². The van der Waals surface area contributed by atoms with Crippen LogP contribution in [0, 0.1) is 10.1 Å². The van der Waals surface area contributed by atoms with Gasteiger partial charge in [0.2, 0.25) is 5.95 Å². The van der Waals surface area contributed by atoms with Gasteiger partial charge in [-0.25, -0.2) is 4.98 Å². The Morgan fingerprint density at radius 3 is 2.93 bits per heavy atom. The number of benzene rings is 1. The molecule has 0 amide bonds. The molecule has 0 spiro atoms. The zero-order chi connectivity index (χ0) is 19.4. The van der Waals surface area contributed by atoms with Gasteiger partial charge in [0.05, 0.1) is 4.92 Å². The molecular formula is C18H25N7O2. The molecule has 1 aromatic carbocycles. The number of nitro benzene ring substituents is 1. The summed E-state index contributed by atoms with van der Waals surface area (Å²) in [5.41, 5.74) is 7.14. The highest BCUT2D eigenvalue weighted by atomic mass is 16.6. The molecule has 1 unspecified atom stereocenters. The summed E-state index contributed by atoms with van der Waals surface area (Å²) >= 11 is 0. The maximum atomic E-state index is 11.1. The molecule has 9 nitrogen and oxygen atoms in total. The van der Waals surface area contributed by atoms with E-state index in [1.165, 1.54) is 12.1 Å². The highest BCUT2D eigenvalue weighted by molar-refractivity contribution is 5.68. The number of nitrogens with zero attached hydrogens (tertiary/aromatic N) is 4. The number of hydrogen-bond acceptors (Lipinski definition) is 8. The maximum Gasteiger partial charge on any atom is 0.294 e. The molecular weight excluding hydrogens is 346 g/mol. The Bertz CT molecular complexity index is 827. The molecule has 2 heterocycles. The minimum Gasteiger partial charge on any atom is -0.393 e. The Kier molecular flexibility index (Phi) is 5.70.